The first-order chi connectivity index (χ1) is 18.9. The third-order valence-corrected chi connectivity index (χ3v) is 9.25. The second-order valence-electron chi connectivity index (χ2n) is 10.8. The molecule has 5 rings (SSSR count). The van der Waals surface area contributed by atoms with Crippen molar-refractivity contribution in [3.05, 3.63) is 71.4 Å². The Morgan fingerprint density at radius 1 is 1.05 bits per heavy atom. The van der Waals surface area contributed by atoms with Gasteiger partial charge < -0.3 is 0 Å². The van der Waals surface area contributed by atoms with E-state index in [1.54, 1.807) is 23.0 Å². The Kier molecular flexibility index (Phi) is 7.77. The third-order valence-electron chi connectivity index (χ3n) is 7.28. The van der Waals surface area contributed by atoms with Gasteiger partial charge in [-0.1, -0.05) is 13.8 Å². The van der Waals surface area contributed by atoms with Gasteiger partial charge in [-0.05, 0) is 67.3 Å². The molecule has 1 atom stereocenters. The predicted octanol–water partition coefficient (Wildman–Crippen LogP) is 4.95. The first kappa shape index (κ1) is 28.3. The van der Waals surface area contributed by atoms with Crippen LogP contribution in [0.1, 0.15) is 36.7 Å². The molecule has 0 N–H and O–H groups in total. The molecule has 0 spiro atoms. The topological polar surface area (TPSA) is 76.3 Å². The highest BCUT2D eigenvalue weighted by molar-refractivity contribution is 7.89. The number of nitrogens with zero attached hydrogens (tertiary/aromatic N) is 6. The molecule has 3 heterocycles. The lowest BCUT2D eigenvalue weighted by atomic mass is 9.96. The maximum atomic E-state index is 13.7. The van der Waals surface area contributed by atoms with E-state index in [9.17, 15) is 21.6 Å². The summed E-state index contributed by atoms with van der Waals surface area (Å²) in [4.78, 5) is 2.26. The molecule has 1 fully saturated rings. The molecule has 4 aromatic rings. The molecule has 0 bridgehead atoms. The maximum absolute atomic E-state index is 13.7. The summed E-state index contributed by atoms with van der Waals surface area (Å²) in [6.07, 6.45) is 0.323. The van der Waals surface area contributed by atoms with Crippen molar-refractivity contribution in [2.24, 2.45) is 5.92 Å². The second-order valence-corrected chi connectivity index (χ2v) is 12.7. The van der Waals surface area contributed by atoms with Crippen LogP contribution in [-0.4, -0.2) is 69.8 Å². The molecule has 0 aliphatic carbocycles. The normalized spacial score (nSPS) is 17.5. The van der Waals surface area contributed by atoms with Crippen molar-refractivity contribution >= 4 is 20.9 Å². The Morgan fingerprint density at radius 2 is 1.77 bits per heavy atom. The molecule has 0 saturated carbocycles. The van der Waals surface area contributed by atoms with Gasteiger partial charge in [0.05, 0.1) is 23.1 Å². The Labute approximate surface area is 232 Å². The molecule has 1 aliphatic rings. The summed E-state index contributed by atoms with van der Waals surface area (Å²) in [5, 5.41) is 9.43. The van der Waals surface area contributed by atoms with E-state index in [-0.39, 0.29) is 35.5 Å². The molecule has 214 valence electrons. The summed E-state index contributed by atoms with van der Waals surface area (Å²) in [6, 6.07) is 9.99. The number of aromatic nitrogens is 4. The minimum Gasteiger partial charge on any atom is -0.293 e. The van der Waals surface area contributed by atoms with Crippen molar-refractivity contribution < 1.29 is 21.6 Å². The van der Waals surface area contributed by atoms with Crippen LogP contribution in [0.5, 0.6) is 0 Å². The number of hydrogen-bond acceptors (Lipinski definition) is 5. The van der Waals surface area contributed by atoms with Gasteiger partial charge in [-0.15, -0.1) is 0 Å². The molecule has 8 nitrogen and oxygen atoms in total. The summed E-state index contributed by atoms with van der Waals surface area (Å²) >= 11 is 0. The number of sulfonamides is 1. The van der Waals surface area contributed by atoms with Gasteiger partial charge in [0.1, 0.15) is 17.3 Å². The maximum Gasteiger partial charge on any atom is 0.257 e. The molecule has 2 aromatic carbocycles. The van der Waals surface area contributed by atoms with Crippen LogP contribution in [0.2, 0.25) is 0 Å². The van der Waals surface area contributed by atoms with E-state index in [0.717, 1.165) is 38.9 Å². The van der Waals surface area contributed by atoms with Gasteiger partial charge in [-0.25, -0.2) is 26.3 Å². The highest BCUT2D eigenvalue weighted by Crippen LogP contribution is 2.34. The number of alkyl halides is 2. The van der Waals surface area contributed by atoms with Crippen molar-refractivity contribution in [3.63, 3.8) is 0 Å². The second kappa shape index (κ2) is 11.0. The van der Waals surface area contributed by atoms with Crippen LogP contribution in [0.4, 0.5) is 13.2 Å². The van der Waals surface area contributed by atoms with Gasteiger partial charge in [0.2, 0.25) is 10.0 Å². The van der Waals surface area contributed by atoms with Crippen molar-refractivity contribution in [2.75, 3.05) is 26.2 Å². The average Bonchev–Trinajstić information content (AvgIpc) is 3.46. The van der Waals surface area contributed by atoms with Gasteiger partial charge in [-0.2, -0.15) is 14.5 Å². The number of fused-ring (bicyclic) bond motifs is 1. The highest BCUT2D eigenvalue weighted by atomic mass is 32.2. The zero-order valence-corrected chi connectivity index (χ0v) is 23.7. The highest BCUT2D eigenvalue weighted by Gasteiger charge is 2.37. The van der Waals surface area contributed by atoms with E-state index in [1.807, 2.05) is 13.0 Å². The number of piperazine rings is 1. The Bertz CT molecular complexity index is 1610. The van der Waals surface area contributed by atoms with E-state index >= 15 is 0 Å². The fourth-order valence-corrected chi connectivity index (χ4v) is 7.07. The average molecular weight is 575 g/mol. The number of halogens is 3. The van der Waals surface area contributed by atoms with E-state index in [2.05, 4.69) is 35.0 Å². The minimum absolute atomic E-state index is 0.0445. The fraction of sp³-hybridized carbons (Fsp3) is 0.429. The molecule has 0 unspecified atom stereocenters. The van der Waals surface area contributed by atoms with Crippen LogP contribution < -0.4 is 0 Å². The molecule has 0 radical (unpaired) electrons. The third kappa shape index (κ3) is 5.52. The number of hydrogen-bond donors (Lipinski definition) is 0. The van der Waals surface area contributed by atoms with E-state index in [4.69, 9.17) is 0 Å². The summed E-state index contributed by atoms with van der Waals surface area (Å²) < 4.78 is 70.9. The van der Waals surface area contributed by atoms with Gasteiger partial charge in [0.15, 0.2) is 0 Å². The Balaban J connectivity index is 1.51. The largest absolute Gasteiger partial charge is 0.293 e. The molecule has 2 aromatic heterocycles. The lowest BCUT2D eigenvalue weighted by Gasteiger charge is -2.42. The van der Waals surface area contributed by atoms with Crippen LogP contribution in [0.3, 0.4) is 0 Å². The van der Waals surface area contributed by atoms with Crippen molar-refractivity contribution in [1.29, 1.82) is 0 Å². The van der Waals surface area contributed by atoms with Gasteiger partial charge in [0.25, 0.3) is 6.43 Å². The number of benzene rings is 2. The molecular weight excluding hydrogens is 541 g/mol. The van der Waals surface area contributed by atoms with Crippen molar-refractivity contribution in [2.45, 2.75) is 51.6 Å². The van der Waals surface area contributed by atoms with Crippen LogP contribution in [0, 0.1) is 25.6 Å². The van der Waals surface area contributed by atoms with E-state index < -0.39 is 23.0 Å². The van der Waals surface area contributed by atoms with Crippen molar-refractivity contribution in [3.8, 4) is 5.69 Å². The fourth-order valence-electron chi connectivity index (χ4n) is 5.47. The quantitative estimate of drug-likeness (QED) is 0.298. The van der Waals surface area contributed by atoms with Crippen LogP contribution in [0.15, 0.2) is 53.7 Å². The molecular formula is C28H33F3N6O2S. The van der Waals surface area contributed by atoms with Gasteiger partial charge in [0, 0.05) is 43.8 Å². The Morgan fingerprint density at radius 3 is 2.45 bits per heavy atom. The van der Waals surface area contributed by atoms with Gasteiger partial charge >= 0.3 is 0 Å². The van der Waals surface area contributed by atoms with E-state index in [0.29, 0.717) is 12.5 Å². The summed E-state index contributed by atoms with van der Waals surface area (Å²) in [5.41, 5.74) is 3.79. The molecule has 40 heavy (non-hydrogen) atoms. The smallest absolute Gasteiger partial charge is 0.257 e. The van der Waals surface area contributed by atoms with Crippen LogP contribution in [-0.2, 0) is 16.6 Å². The summed E-state index contributed by atoms with van der Waals surface area (Å²) in [5.74, 6) is 0.0445. The Hall–Kier alpha value is -3.22. The monoisotopic (exact) mass is 574 g/mol. The molecule has 1 aliphatic heterocycles. The first-order valence-corrected chi connectivity index (χ1v) is 14.7. The standard InChI is InChI=1S/C28H33F3N6O2S/c1-18(2)14-34-9-10-36(40(38,39)27-16-35(17-28(30)31)33-20(27)4)15-26(34)24-12-21-13-32-37(25(21)11-19(24)3)23-7-5-22(29)6-8-23/h5-8,11-13,16,18,26,28H,9-10,14-15,17H2,1-4H3/t26-/m0/s1. The lowest BCUT2D eigenvalue weighted by molar-refractivity contribution is 0.105. The lowest BCUT2D eigenvalue weighted by Crippen LogP contribution is -2.51. The summed E-state index contributed by atoms with van der Waals surface area (Å²) in [7, 11) is -3.96. The summed E-state index contributed by atoms with van der Waals surface area (Å²) in [6.45, 7) is 8.94. The van der Waals surface area contributed by atoms with Gasteiger partial charge in [-0.3, -0.25) is 9.58 Å². The zero-order chi connectivity index (χ0) is 28.8. The molecule has 0 amide bonds. The van der Waals surface area contributed by atoms with Crippen molar-refractivity contribution in [1.82, 2.24) is 28.8 Å². The SMILES string of the molecule is Cc1cc2c(cnn2-c2ccc(F)cc2)cc1[C@@H]1CN(S(=O)(=O)c2cn(CC(F)F)nc2C)CCN1CC(C)C. The first-order valence-electron chi connectivity index (χ1n) is 13.2. The number of rotatable bonds is 8. The molecule has 1 saturated heterocycles. The molecule has 12 heteroatoms. The number of aryl methyl sites for hydroxylation is 2. The van der Waals surface area contributed by atoms with Crippen LogP contribution in [0.25, 0.3) is 16.6 Å². The van der Waals surface area contributed by atoms with E-state index in [1.165, 1.54) is 29.6 Å². The van der Waals surface area contributed by atoms with Crippen LogP contribution >= 0.6 is 0 Å². The predicted molar refractivity (Wildman–Crippen MR) is 147 cm³/mol. The zero-order valence-electron chi connectivity index (χ0n) is 22.9. The minimum atomic E-state index is -3.96.